The number of aryl methyl sites for hydroxylation is 1. The molecular formula is C9H9ClF2. The Labute approximate surface area is 75.2 Å². The molecule has 66 valence electrons. The van der Waals surface area contributed by atoms with Crippen LogP contribution in [0.3, 0.4) is 0 Å². The summed E-state index contributed by atoms with van der Waals surface area (Å²) in [5.74, 6) is -1.05. The van der Waals surface area contributed by atoms with E-state index in [1.807, 2.05) is 0 Å². The van der Waals surface area contributed by atoms with Crippen LogP contribution in [0.1, 0.15) is 12.0 Å². The van der Waals surface area contributed by atoms with E-state index in [4.69, 9.17) is 11.6 Å². The fourth-order valence-electron chi connectivity index (χ4n) is 0.966. The molecule has 0 aliphatic heterocycles. The predicted octanol–water partition coefficient (Wildman–Crippen LogP) is 3.14. The Morgan fingerprint density at radius 1 is 1.17 bits per heavy atom. The third-order valence-corrected chi connectivity index (χ3v) is 1.85. The van der Waals surface area contributed by atoms with Crippen LogP contribution in [0.5, 0.6) is 0 Å². The molecule has 0 bridgehead atoms. The van der Waals surface area contributed by atoms with Crippen LogP contribution in [0.2, 0.25) is 0 Å². The molecule has 0 aliphatic carbocycles. The quantitative estimate of drug-likeness (QED) is 0.643. The fourth-order valence-corrected chi connectivity index (χ4v) is 1.10. The van der Waals surface area contributed by atoms with Gasteiger partial charge in [0.05, 0.1) is 0 Å². The van der Waals surface area contributed by atoms with E-state index >= 15 is 0 Å². The minimum atomic E-state index is -0.801. The lowest BCUT2D eigenvalue weighted by atomic mass is 10.1. The van der Waals surface area contributed by atoms with Crippen LogP contribution >= 0.6 is 11.6 Å². The number of hydrogen-bond donors (Lipinski definition) is 0. The highest BCUT2D eigenvalue weighted by atomic mass is 35.5. The zero-order valence-corrected chi connectivity index (χ0v) is 7.24. The van der Waals surface area contributed by atoms with Crippen molar-refractivity contribution in [1.29, 1.82) is 0 Å². The SMILES string of the molecule is Fc1ccc(CCCCl)cc1F. The normalized spacial score (nSPS) is 10.2. The van der Waals surface area contributed by atoms with Gasteiger partial charge in [0.25, 0.3) is 0 Å². The molecular weight excluding hydrogens is 182 g/mol. The first kappa shape index (κ1) is 9.46. The van der Waals surface area contributed by atoms with Gasteiger partial charge in [-0.1, -0.05) is 6.07 Å². The van der Waals surface area contributed by atoms with Crippen molar-refractivity contribution in [3.63, 3.8) is 0 Å². The number of benzene rings is 1. The molecule has 0 saturated heterocycles. The first-order chi connectivity index (χ1) is 5.74. The maximum Gasteiger partial charge on any atom is 0.159 e. The minimum absolute atomic E-state index is 0.541. The van der Waals surface area contributed by atoms with Crippen LogP contribution in [0.4, 0.5) is 8.78 Å². The third-order valence-electron chi connectivity index (χ3n) is 1.58. The summed E-state index contributed by atoms with van der Waals surface area (Å²) in [6.45, 7) is 0. The summed E-state index contributed by atoms with van der Waals surface area (Å²) < 4.78 is 25.0. The van der Waals surface area contributed by atoms with Gasteiger partial charge in [-0.2, -0.15) is 0 Å². The lowest BCUT2D eigenvalue weighted by molar-refractivity contribution is 0.507. The van der Waals surface area contributed by atoms with E-state index < -0.39 is 11.6 Å². The lowest BCUT2D eigenvalue weighted by Crippen LogP contribution is -1.90. The van der Waals surface area contributed by atoms with Crippen LogP contribution in [0.25, 0.3) is 0 Å². The second-order valence-electron chi connectivity index (χ2n) is 2.54. The highest BCUT2D eigenvalue weighted by molar-refractivity contribution is 6.17. The van der Waals surface area contributed by atoms with Gasteiger partial charge in [-0.05, 0) is 30.5 Å². The van der Waals surface area contributed by atoms with E-state index in [0.717, 1.165) is 18.1 Å². The zero-order chi connectivity index (χ0) is 8.97. The van der Waals surface area contributed by atoms with Gasteiger partial charge in [0.15, 0.2) is 11.6 Å². The molecule has 0 heterocycles. The van der Waals surface area contributed by atoms with Crippen molar-refractivity contribution < 1.29 is 8.78 Å². The Kier molecular flexibility index (Phi) is 3.48. The summed E-state index contributed by atoms with van der Waals surface area (Å²) in [6.07, 6.45) is 1.48. The molecule has 0 spiro atoms. The first-order valence-corrected chi connectivity index (χ1v) is 4.27. The zero-order valence-electron chi connectivity index (χ0n) is 6.49. The summed E-state index contributed by atoms with van der Waals surface area (Å²) in [5.41, 5.74) is 0.787. The molecule has 0 atom stereocenters. The average molecular weight is 191 g/mol. The summed E-state index contributed by atoms with van der Waals surface area (Å²) in [5, 5.41) is 0. The van der Waals surface area contributed by atoms with Gasteiger partial charge >= 0.3 is 0 Å². The van der Waals surface area contributed by atoms with Crippen LogP contribution < -0.4 is 0 Å². The monoisotopic (exact) mass is 190 g/mol. The Morgan fingerprint density at radius 3 is 2.50 bits per heavy atom. The van der Waals surface area contributed by atoms with E-state index in [9.17, 15) is 8.78 Å². The topological polar surface area (TPSA) is 0 Å². The van der Waals surface area contributed by atoms with Gasteiger partial charge in [-0.25, -0.2) is 8.78 Å². The van der Waals surface area contributed by atoms with Crippen molar-refractivity contribution in [1.82, 2.24) is 0 Å². The second kappa shape index (κ2) is 4.41. The maximum absolute atomic E-state index is 12.6. The van der Waals surface area contributed by atoms with Crippen molar-refractivity contribution in [2.75, 3.05) is 5.88 Å². The van der Waals surface area contributed by atoms with Crippen molar-refractivity contribution in [3.05, 3.63) is 35.4 Å². The molecule has 1 rings (SSSR count). The molecule has 0 N–H and O–H groups in total. The number of rotatable bonds is 3. The summed E-state index contributed by atoms with van der Waals surface area (Å²) >= 11 is 5.45. The van der Waals surface area contributed by atoms with Crippen molar-refractivity contribution in [2.24, 2.45) is 0 Å². The van der Waals surface area contributed by atoms with Gasteiger partial charge in [0, 0.05) is 5.88 Å². The molecule has 1 aromatic rings. The molecule has 3 heteroatoms. The minimum Gasteiger partial charge on any atom is -0.204 e. The Balaban J connectivity index is 2.69. The smallest absolute Gasteiger partial charge is 0.159 e. The largest absolute Gasteiger partial charge is 0.204 e. The van der Waals surface area contributed by atoms with Crippen LogP contribution in [0, 0.1) is 11.6 Å². The summed E-state index contributed by atoms with van der Waals surface area (Å²) in [4.78, 5) is 0. The van der Waals surface area contributed by atoms with E-state index in [-0.39, 0.29) is 0 Å². The lowest BCUT2D eigenvalue weighted by Gasteiger charge is -1.99. The van der Waals surface area contributed by atoms with E-state index in [0.29, 0.717) is 12.3 Å². The van der Waals surface area contributed by atoms with E-state index in [2.05, 4.69) is 0 Å². The van der Waals surface area contributed by atoms with Gasteiger partial charge < -0.3 is 0 Å². The standard InChI is InChI=1S/C9H9ClF2/c10-5-1-2-7-3-4-8(11)9(12)6-7/h3-4,6H,1-2,5H2. The van der Waals surface area contributed by atoms with Crippen molar-refractivity contribution in [3.8, 4) is 0 Å². The van der Waals surface area contributed by atoms with E-state index in [1.54, 1.807) is 6.07 Å². The molecule has 0 fully saturated rings. The Hall–Kier alpha value is -0.630. The molecule has 0 nitrogen and oxygen atoms in total. The average Bonchev–Trinajstić information content (AvgIpc) is 2.07. The number of hydrogen-bond acceptors (Lipinski definition) is 0. The fraction of sp³-hybridized carbons (Fsp3) is 0.333. The molecule has 0 saturated carbocycles. The van der Waals surface area contributed by atoms with Gasteiger partial charge in [-0.3, -0.25) is 0 Å². The molecule has 0 aliphatic rings. The number of alkyl halides is 1. The highest BCUT2D eigenvalue weighted by Crippen LogP contribution is 2.10. The van der Waals surface area contributed by atoms with E-state index in [1.165, 1.54) is 6.07 Å². The molecule has 1 aromatic carbocycles. The van der Waals surface area contributed by atoms with Gasteiger partial charge in [0.1, 0.15) is 0 Å². The first-order valence-electron chi connectivity index (χ1n) is 3.74. The molecule has 0 amide bonds. The number of halogens is 3. The van der Waals surface area contributed by atoms with Gasteiger partial charge in [0.2, 0.25) is 0 Å². The highest BCUT2D eigenvalue weighted by Gasteiger charge is 2.01. The Morgan fingerprint density at radius 2 is 1.92 bits per heavy atom. The summed E-state index contributed by atoms with van der Waals surface area (Å²) in [7, 11) is 0. The van der Waals surface area contributed by atoms with Crippen molar-refractivity contribution in [2.45, 2.75) is 12.8 Å². The molecule has 12 heavy (non-hydrogen) atoms. The van der Waals surface area contributed by atoms with Crippen LogP contribution in [-0.2, 0) is 6.42 Å². The van der Waals surface area contributed by atoms with Gasteiger partial charge in [-0.15, -0.1) is 11.6 Å². The van der Waals surface area contributed by atoms with Crippen LogP contribution in [-0.4, -0.2) is 5.88 Å². The third kappa shape index (κ3) is 2.45. The summed E-state index contributed by atoms with van der Waals surface area (Å²) in [6, 6.07) is 3.92. The van der Waals surface area contributed by atoms with Crippen molar-refractivity contribution >= 4 is 11.6 Å². The predicted molar refractivity (Wildman–Crippen MR) is 45.4 cm³/mol. The molecule has 0 radical (unpaired) electrons. The van der Waals surface area contributed by atoms with Crippen LogP contribution in [0.15, 0.2) is 18.2 Å². The molecule has 0 aromatic heterocycles. The second-order valence-corrected chi connectivity index (χ2v) is 2.92. The molecule has 0 unspecified atom stereocenters. The maximum atomic E-state index is 12.6. The Bertz CT molecular complexity index is 261.